The Hall–Kier alpha value is -2.08. The first-order valence-electron chi connectivity index (χ1n) is 7.43. The highest BCUT2D eigenvalue weighted by atomic mass is 32.2. The minimum atomic E-state index is -0.218. The van der Waals surface area contributed by atoms with E-state index in [-0.39, 0.29) is 5.56 Å². The summed E-state index contributed by atoms with van der Waals surface area (Å²) in [7, 11) is 0. The minimum absolute atomic E-state index is 0.218. The fourth-order valence-electron chi connectivity index (χ4n) is 2.23. The van der Waals surface area contributed by atoms with Gasteiger partial charge in [0.25, 0.3) is 5.56 Å². The quantitative estimate of drug-likeness (QED) is 0.735. The van der Waals surface area contributed by atoms with Gasteiger partial charge in [-0.1, -0.05) is 49.9 Å². The van der Waals surface area contributed by atoms with Crippen LogP contribution in [0.25, 0.3) is 16.8 Å². The van der Waals surface area contributed by atoms with Crippen LogP contribution in [0.5, 0.6) is 0 Å². The Labute approximate surface area is 132 Å². The van der Waals surface area contributed by atoms with Crippen LogP contribution in [0.3, 0.4) is 0 Å². The number of aryl methyl sites for hydroxylation is 1. The van der Waals surface area contributed by atoms with Crippen molar-refractivity contribution in [2.45, 2.75) is 31.8 Å². The molecule has 5 nitrogen and oxygen atoms in total. The standard InChI is InChI=1S/C16H18N4OS/c1-3-9-22-16-18-17-15(21)14-10-13(19-20(14)16)12-7-5-11(4-2)6-8-12/h5-8,10H,3-4,9H2,1-2H3,(H,17,21). The van der Waals surface area contributed by atoms with Crippen molar-refractivity contribution in [1.29, 1.82) is 0 Å². The van der Waals surface area contributed by atoms with Crippen molar-refractivity contribution < 1.29 is 0 Å². The van der Waals surface area contributed by atoms with Crippen molar-refractivity contribution in [3.8, 4) is 11.3 Å². The predicted molar refractivity (Wildman–Crippen MR) is 89.4 cm³/mol. The third kappa shape index (κ3) is 2.78. The number of aromatic amines is 1. The fraction of sp³-hybridized carbons (Fsp3) is 0.312. The molecule has 0 spiro atoms. The summed E-state index contributed by atoms with van der Waals surface area (Å²) in [6, 6.07) is 10.1. The molecule has 0 fully saturated rings. The highest BCUT2D eigenvalue weighted by molar-refractivity contribution is 7.99. The first kappa shape index (κ1) is 14.8. The van der Waals surface area contributed by atoms with E-state index in [0.717, 1.165) is 29.9 Å². The number of rotatable bonds is 5. The van der Waals surface area contributed by atoms with Crippen molar-refractivity contribution in [3.05, 3.63) is 46.2 Å². The summed E-state index contributed by atoms with van der Waals surface area (Å²) in [4.78, 5) is 12.0. The summed E-state index contributed by atoms with van der Waals surface area (Å²) in [6.07, 6.45) is 2.05. The van der Waals surface area contributed by atoms with E-state index in [4.69, 9.17) is 0 Å². The van der Waals surface area contributed by atoms with E-state index >= 15 is 0 Å². The van der Waals surface area contributed by atoms with E-state index < -0.39 is 0 Å². The van der Waals surface area contributed by atoms with E-state index in [1.165, 1.54) is 5.56 Å². The lowest BCUT2D eigenvalue weighted by Crippen LogP contribution is -2.13. The van der Waals surface area contributed by atoms with E-state index in [2.05, 4.69) is 41.3 Å². The highest BCUT2D eigenvalue weighted by Crippen LogP contribution is 2.22. The summed E-state index contributed by atoms with van der Waals surface area (Å²) in [5.74, 6) is 0.939. The monoisotopic (exact) mass is 314 g/mol. The Morgan fingerprint density at radius 1 is 1.23 bits per heavy atom. The largest absolute Gasteiger partial charge is 0.290 e. The van der Waals surface area contributed by atoms with Crippen molar-refractivity contribution >= 4 is 17.3 Å². The Morgan fingerprint density at radius 2 is 2.00 bits per heavy atom. The number of H-pyrrole nitrogens is 1. The van der Waals surface area contributed by atoms with E-state index in [9.17, 15) is 4.79 Å². The average molecular weight is 314 g/mol. The predicted octanol–water partition coefficient (Wildman–Crippen LogP) is 3.15. The molecule has 2 aromatic heterocycles. The lowest BCUT2D eigenvalue weighted by atomic mass is 10.1. The zero-order valence-corrected chi connectivity index (χ0v) is 13.5. The van der Waals surface area contributed by atoms with Gasteiger partial charge in [-0.05, 0) is 24.5 Å². The summed E-state index contributed by atoms with van der Waals surface area (Å²) in [5.41, 5.74) is 3.39. The number of fused-ring (bicyclic) bond motifs is 1. The second kappa shape index (κ2) is 6.36. The Bertz CT molecular complexity index is 835. The van der Waals surface area contributed by atoms with Crippen LogP contribution in [0.2, 0.25) is 0 Å². The van der Waals surface area contributed by atoms with Gasteiger partial charge in [-0.2, -0.15) is 5.10 Å². The second-order valence-electron chi connectivity index (χ2n) is 5.06. The number of thioether (sulfide) groups is 1. The van der Waals surface area contributed by atoms with Crippen molar-refractivity contribution in [3.63, 3.8) is 0 Å². The van der Waals surface area contributed by atoms with Crippen LogP contribution in [0.4, 0.5) is 0 Å². The molecule has 6 heteroatoms. The van der Waals surface area contributed by atoms with Crippen LogP contribution >= 0.6 is 11.8 Å². The van der Waals surface area contributed by atoms with E-state index in [1.54, 1.807) is 16.3 Å². The molecule has 1 N–H and O–H groups in total. The zero-order valence-electron chi connectivity index (χ0n) is 12.7. The lowest BCUT2D eigenvalue weighted by molar-refractivity contribution is 0.728. The zero-order chi connectivity index (χ0) is 15.5. The molecule has 0 saturated carbocycles. The van der Waals surface area contributed by atoms with Gasteiger partial charge in [0, 0.05) is 11.3 Å². The molecule has 0 saturated heterocycles. The lowest BCUT2D eigenvalue weighted by Gasteiger charge is -2.01. The van der Waals surface area contributed by atoms with Gasteiger partial charge < -0.3 is 0 Å². The van der Waals surface area contributed by atoms with Gasteiger partial charge in [-0.25, -0.2) is 9.61 Å². The Kier molecular flexibility index (Phi) is 4.29. The first-order chi connectivity index (χ1) is 10.7. The number of aromatic nitrogens is 4. The third-order valence-electron chi connectivity index (χ3n) is 3.47. The molecule has 22 heavy (non-hydrogen) atoms. The van der Waals surface area contributed by atoms with Gasteiger partial charge in [0.05, 0.1) is 5.69 Å². The summed E-state index contributed by atoms with van der Waals surface area (Å²) < 4.78 is 1.64. The number of nitrogens with one attached hydrogen (secondary N) is 1. The Balaban J connectivity index is 2.07. The molecule has 0 aliphatic carbocycles. The SMILES string of the molecule is CCCSc1n[nH]c(=O)c2cc(-c3ccc(CC)cc3)nn12. The molecule has 0 radical (unpaired) electrons. The molecule has 114 valence electrons. The molecule has 0 atom stereocenters. The van der Waals surface area contributed by atoms with Crippen LogP contribution in [-0.2, 0) is 6.42 Å². The second-order valence-corrected chi connectivity index (χ2v) is 6.12. The fourth-order valence-corrected chi connectivity index (χ4v) is 2.99. The van der Waals surface area contributed by atoms with Crippen LogP contribution in [-0.4, -0.2) is 25.6 Å². The maximum absolute atomic E-state index is 12.0. The topological polar surface area (TPSA) is 63.0 Å². The van der Waals surface area contributed by atoms with Crippen LogP contribution in [0.1, 0.15) is 25.8 Å². The minimum Gasteiger partial charge on any atom is -0.266 e. The maximum Gasteiger partial charge on any atom is 0.290 e. The molecular formula is C16H18N4OS. The van der Waals surface area contributed by atoms with Gasteiger partial charge in [0.15, 0.2) is 0 Å². The van der Waals surface area contributed by atoms with Gasteiger partial charge in [-0.3, -0.25) is 4.79 Å². The van der Waals surface area contributed by atoms with Crippen molar-refractivity contribution in [2.24, 2.45) is 0 Å². The molecular weight excluding hydrogens is 296 g/mol. The summed E-state index contributed by atoms with van der Waals surface area (Å²) in [5, 5.41) is 11.9. The van der Waals surface area contributed by atoms with Gasteiger partial charge in [0.1, 0.15) is 5.52 Å². The smallest absolute Gasteiger partial charge is 0.266 e. The van der Waals surface area contributed by atoms with Gasteiger partial charge in [0.2, 0.25) is 5.16 Å². The Morgan fingerprint density at radius 3 is 2.68 bits per heavy atom. The summed E-state index contributed by atoms with van der Waals surface area (Å²) in [6.45, 7) is 4.24. The maximum atomic E-state index is 12.0. The number of nitrogens with zero attached hydrogens (tertiary/aromatic N) is 3. The van der Waals surface area contributed by atoms with Crippen LogP contribution in [0.15, 0.2) is 40.3 Å². The molecule has 0 amide bonds. The van der Waals surface area contributed by atoms with Crippen molar-refractivity contribution in [1.82, 2.24) is 19.8 Å². The molecule has 3 rings (SSSR count). The van der Waals surface area contributed by atoms with Gasteiger partial charge in [-0.15, -0.1) is 5.10 Å². The third-order valence-corrected chi connectivity index (χ3v) is 4.60. The molecule has 0 unspecified atom stereocenters. The van der Waals surface area contributed by atoms with Crippen LogP contribution < -0.4 is 5.56 Å². The average Bonchev–Trinajstić information content (AvgIpc) is 3.01. The first-order valence-corrected chi connectivity index (χ1v) is 8.42. The van der Waals surface area contributed by atoms with E-state index in [0.29, 0.717) is 10.7 Å². The molecule has 0 aliphatic heterocycles. The molecule has 0 aliphatic rings. The molecule has 1 aromatic carbocycles. The summed E-state index contributed by atoms with van der Waals surface area (Å²) >= 11 is 1.59. The normalized spacial score (nSPS) is 11.2. The number of hydrogen-bond acceptors (Lipinski definition) is 4. The van der Waals surface area contributed by atoms with Crippen LogP contribution in [0, 0.1) is 0 Å². The molecule has 2 heterocycles. The number of benzene rings is 1. The van der Waals surface area contributed by atoms with Crippen molar-refractivity contribution in [2.75, 3.05) is 5.75 Å². The van der Waals surface area contributed by atoms with E-state index in [1.807, 2.05) is 18.2 Å². The number of hydrogen-bond donors (Lipinski definition) is 1. The van der Waals surface area contributed by atoms with Gasteiger partial charge >= 0.3 is 0 Å². The molecule has 0 bridgehead atoms. The highest BCUT2D eigenvalue weighted by Gasteiger charge is 2.12. The molecule has 3 aromatic rings.